The number of aromatic nitrogens is 3. The average molecular weight is 432 g/mol. The first-order valence-electron chi connectivity index (χ1n) is 9.37. The Labute approximate surface area is 177 Å². The largest absolute Gasteiger partial charge is 0.435 e. The molecule has 0 fully saturated rings. The van der Waals surface area contributed by atoms with Crippen molar-refractivity contribution in [3.05, 3.63) is 59.7 Å². The highest BCUT2D eigenvalue weighted by molar-refractivity contribution is 7.99. The third-order valence-corrected chi connectivity index (χ3v) is 5.25. The van der Waals surface area contributed by atoms with Crippen molar-refractivity contribution >= 4 is 17.7 Å². The quantitative estimate of drug-likeness (QED) is 0.508. The Balaban J connectivity index is 1.50. The molecule has 6 nitrogen and oxygen atoms in total. The number of aryl methyl sites for hydroxylation is 1. The normalized spacial score (nSPS) is 11.0. The molecule has 1 aromatic heterocycles. The molecule has 0 aliphatic carbocycles. The molecule has 30 heavy (non-hydrogen) atoms. The molecule has 158 valence electrons. The number of carbonyl (C=O) groups excluding carboxylic acids is 1. The minimum Gasteiger partial charge on any atom is -0.435 e. The van der Waals surface area contributed by atoms with Gasteiger partial charge in [0, 0.05) is 19.2 Å². The number of nitrogens with zero attached hydrogens (tertiary/aromatic N) is 3. The molecule has 0 unspecified atom stereocenters. The summed E-state index contributed by atoms with van der Waals surface area (Å²) in [6.45, 7) is -0.399. The number of rotatable bonds is 9. The fourth-order valence-corrected chi connectivity index (χ4v) is 3.45. The Morgan fingerprint density at radius 1 is 1.13 bits per heavy atom. The molecule has 1 N–H and O–H groups in total. The first-order chi connectivity index (χ1) is 14.4. The molecule has 3 rings (SSSR count). The molecular formula is C21H22F2N4O2S. The fourth-order valence-electron chi connectivity index (χ4n) is 2.71. The van der Waals surface area contributed by atoms with Crippen molar-refractivity contribution in [3.63, 3.8) is 0 Å². The highest BCUT2D eigenvalue weighted by Crippen LogP contribution is 2.21. The van der Waals surface area contributed by atoms with Crippen LogP contribution >= 0.6 is 11.8 Å². The smallest absolute Gasteiger partial charge is 0.387 e. The highest BCUT2D eigenvalue weighted by atomic mass is 32.2. The van der Waals surface area contributed by atoms with E-state index in [1.54, 1.807) is 24.1 Å². The molecule has 3 aromatic rings. The maximum atomic E-state index is 12.4. The summed E-state index contributed by atoms with van der Waals surface area (Å²) in [6.07, 6.45) is 0.973. The van der Waals surface area contributed by atoms with Crippen molar-refractivity contribution < 1.29 is 18.3 Å². The number of alkyl halides is 2. The zero-order valence-electron chi connectivity index (χ0n) is 16.6. The van der Waals surface area contributed by atoms with E-state index in [0.29, 0.717) is 17.5 Å². The first-order valence-corrected chi connectivity index (χ1v) is 10.4. The van der Waals surface area contributed by atoms with E-state index in [9.17, 15) is 13.6 Å². The van der Waals surface area contributed by atoms with Gasteiger partial charge in [0.1, 0.15) is 5.75 Å². The van der Waals surface area contributed by atoms with Crippen molar-refractivity contribution in [2.24, 2.45) is 0 Å². The van der Waals surface area contributed by atoms with Gasteiger partial charge in [-0.25, -0.2) is 4.98 Å². The van der Waals surface area contributed by atoms with Crippen molar-refractivity contribution in [1.82, 2.24) is 20.1 Å². The topological polar surface area (TPSA) is 71.1 Å². The minimum atomic E-state index is -2.86. The van der Waals surface area contributed by atoms with Crippen LogP contribution in [0.4, 0.5) is 8.78 Å². The van der Waals surface area contributed by atoms with Crippen LogP contribution in [0.15, 0.2) is 53.7 Å². The summed E-state index contributed by atoms with van der Waals surface area (Å²) in [6, 6.07) is 14.3. The van der Waals surface area contributed by atoms with Gasteiger partial charge < -0.3 is 9.64 Å². The van der Waals surface area contributed by atoms with Gasteiger partial charge in [-0.3, -0.25) is 9.89 Å². The summed E-state index contributed by atoms with van der Waals surface area (Å²) in [5, 5.41) is 7.56. The van der Waals surface area contributed by atoms with Gasteiger partial charge >= 0.3 is 6.61 Å². The van der Waals surface area contributed by atoms with E-state index in [0.717, 1.165) is 17.5 Å². The number of halogens is 2. The number of H-pyrrole nitrogens is 1. The molecule has 0 bridgehead atoms. The summed E-state index contributed by atoms with van der Waals surface area (Å²) in [7, 11) is 1.69. The lowest BCUT2D eigenvalue weighted by Gasteiger charge is -2.17. The summed E-state index contributed by atoms with van der Waals surface area (Å²) in [4.78, 5) is 18.4. The van der Waals surface area contributed by atoms with Crippen LogP contribution in [0.3, 0.4) is 0 Å². The second-order valence-corrected chi connectivity index (χ2v) is 7.52. The van der Waals surface area contributed by atoms with Gasteiger partial charge in [-0.05, 0) is 29.7 Å². The Kier molecular flexibility index (Phi) is 7.40. The van der Waals surface area contributed by atoms with Crippen molar-refractivity contribution in [2.75, 3.05) is 12.8 Å². The maximum Gasteiger partial charge on any atom is 0.387 e. The number of ether oxygens (including phenoxy) is 1. The zero-order chi connectivity index (χ0) is 21.5. The van der Waals surface area contributed by atoms with E-state index in [2.05, 4.69) is 39.0 Å². The van der Waals surface area contributed by atoms with Crippen LogP contribution in [-0.4, -0.2) is 45.4 Å². The number of benzene rings is 2. The van der Waals surface area contributed by atoms with Crippen LogP contribution < -0.4 is 4.74 Å². The number of amides is 1. The SMILES string of the molecule is CCc1ccc(-c2nc(SCC(=O)N(C)Cc3ccc(OC(F)F)cc3)n[nH]2)cc1. The molecule has 0 atom stereocenters. The van der Waals surface area contributed by atoms with Gasteiger partial charge in [-0.2, -0.15) is 8.78 Å². The molecule has 9 heteroatoms. The second kappa shape index (κ2) is 10.2. The molecular weight excluding hydrogens is 410 g/mol. The van der Waals surface area contributed by atoms with Gasteiger partial charge in [0.05, 0.1) is 5.75 Å². The number of aromatic amines is 1. The molecule has 0 radical (unpaired) electrons. The molecule has 0 aliphatic heterocycles. The van der Waals surface area contributed by atoms with Crippen LogP contribution in [0.5, 0.6) is 5.75 Å². The predicted molar refractivity (Wildman–Crippen MR) is 111 cm³/mol. The van der Waals surface area contributed by atoms with Crippen molar-refractivity contribution in [1.29, 1.82) is 0 Å². The Morgan fingerprint density at radius 2 is 1.80 bits per heavy atom. The third kappa shape index (κ3) is 6.03. The molecule has 1 amide bonds. The number of hydrogen-bond donors (Lipinski definition) is 1. The lowest BCUT2D eigenvalue weighted by molar-refractivity contribution is -0.127. The molecule has 0 aliphatic rings. The third-order valence-electron chi connectivity index (χ3n) is 4.42. The van der Waals surface area contributed by atoms with E-state index in [1.165, 1.54) is 29.5 Å². The number of nitrogens with one attached hydrogen (secondary N) is 1. The number of hydrogen-bond acceptors (Lipinski definition) is 5. The van der Waals surface area contributed by atoms with Crippen molar-refractivity contribution in [2.45, 2.75) is 31.7 Å². The second-order valence-electron chi connectivity index (χ2n) is 6.58. The fraction of sp³-hybridized carbons (Fsp3) is 0.286. The zero-order valence-corrected chi connectivity index (χ0v) is 17.5. The van der Waals surface area contributed by atoms with Gasteiger partial charge in [-0.1, -0.05) is 55.1 Å². The van der Waals surface area contributed by atoms with Crippen LogP contribution in [-0.2, 0) is 17.8 Å². The summed E-state index contributed by atoms with van der Waals surface area (Å²) in [5.74, 6) is 0.844. The number of carbonyl (C=O) groups is 1. The molecule has 1 heterocycles. The molecule has 2 aromatic carbocycles. The summed E-state index contributed by atoms with van der Waals surface area (Å²) < 4.78 is 28.7. The van der Waals surface area contributed by atoms with Crippen LogP contribution in [0.2, 0.25) is 0 Å². The van der Waals surface area contributed by atoms with Gasteiger partial charge in [0.25, 0.3) is 0 Å². The molecule has 0 saturated heterocycles. The van der Waals surface area contributed by atoms with Gasteiger partial charge in [0.2, 0.25) is 11.1 Å². The van der Waals surface area contributed by atoms with Crippen LogP contribution in [0.1, 0.15) is 18.1 Å². The standard InChI is InChI=1S/C21H22F2N4O2S/c1-3-14-4-8-16(9-5-14)19-24-21(26-25-19)30-13-18(28)27(2)12-15-6-10-17(11-7-15)29-20(22)23/h4-11,20H,3,12-13H2,1-2H3,(H,24,25,26). The monoisotopic (exact) mass is 432 g/mol. The summed E-state index contributed by atoms with van der Waals surface area (Å²) >= 11 is 1.25. The van der Waals surface area contributed by atoms with E-state index < -0.39 is 6.61 Å². The Bertz CT molecular complexity index is 962. The van der Waals surface area contributed by atoms with Gasteiger partial charge in [0.15, 0.2) is 5.82 Å². The Morgan fingerprint density at radius 3 is 2.43 bits per heavy atom. The van der Waals surface area contributed by atoms with E-state index in [4.69, 9.17) is 0 Å². The first kappa shape index (κ1) is 21.8. The van der Waals surface area contributed by atoms with E-state index in [-0.39, 0.29) is 17.4 Å². The highest BCUT2D eigenvalue weighted by Gasteiger charge is 2.13. The van der Waals surface area contributed by atoms with E-state index >= 15 is 0 Å². The molecule has 0 spiro atoms. The maximum absolute atomic E-state index is 12.4. The number of thioether (sulfide) groups is 1. The van der Waals surface area contributed by atoms with Crippen LogP contribution in [0, 0.1) is 0 Å². The van der Waals surface area contributed by atoms with E-state index in [1.807, 2.05) is 12.1 Å². The minimum absolute atomic E-state index is 0.0861. The van der Waals surface area contributed by atoms with Crippen molar-refractivity contribution in [3.8, 4) is 17.1 Å². The predicted octanol–water partition coefficient (Wildman–Crippen LogP) is 4.39. The summed E-state index contributed by atoms with van der Waals surface area (Å²) in [5.41, 5.74) is 3.00. The van der Waals surface area contributed by atoms with Crippen LogP contribution in [0.25, 0.3) is 11.4 Å². The van der Waals surface area contributed by atoms with Gasteiger partial charge in [-0.15, -0.1) is 5.10 Å². The lowest BCUT2D eigenvalue weighted by Crippen LogP contribution is -2.27. The molecule has 0 saturated carbocycles. The average Bonchev–Trinajstić information content (AvgIpc) is 3.22. The lowest BCUT2D eigenvalue weighted by atomic mass is 10.1. The Hall–Kier alpha value is -2.94.